The molecule has 33 heavy (non-hydrogen) atoms. The van der Waals surface area contributed by atoms with Crippen LogP contribution in [-0.4, -0.2) is 51.3 Å². The van der Waals surface area contributed by atoms with Crippen molar-refractivity contribution in [1.82, 2.24) is 25.1 Å². The molecule has 0 aliphatic rings. The molecule has 3 rings (SSSR count). The summed E-state index contributed by atoms with van der Waals surface area (Å²) in [5.41, 5.74) is 2.64. The number of hydrogen-bond donors (Lipinski definition) is 2. The van der Waals surface area contributed by atoms with E-state index in [-0.39, 0.29) is 24.5 Å². The van der Waals surface area contributed by atoms with Crippen molar-refractivity contribution in [2.24, 2.45) is 0 Å². The average Bonchev–Trinajstić information content (AvgIpc) is 3.10. The first-order valence-electron chi connectivity index (χ1n) is 10.5. The van der Waals surface area contributed by atoms with E-state index >= 15 is 0 Å². The fourth-order valence-electron chi connectivity index (χ4n) is 3.17. The number of ether oxygens (including phenoxy) is 2. The zero-order valence-electron chi connectivity index (χ0n) is 19.6. The average molecular weight is 453 g/mol. The first-order valence-corrected chi connectivity index (χ1v) is 10.5. The van der Waals surface area contributed by atoms with E-state index in [1.165, 1.54) is 11.8 Å². The number of nitrogens with one attached hydrogen (secondary N) is 2. The van der Waals surface area contributed by atoms with Crippen LogP contribution in [0.5, 0.6) is 11.5 Å². The van der Waals surface area contributed by atoms with Crippen molar-refractivity contribution in [1.29, 1.82) is 0 Å². The lowest BCUT2D eigenvalue weighted by Crippen LogP contribution is -2.34. The molecule has 2 amide bonds. The number of carbonyl (C=O) groups excluding carboxylic acids is 2. The van der Waals surface area contributed by atoms with E-state index in [1.54, 1.807) is 24.3 Å². The third-order valence-electron chi connectivity index (χ3n) is 4.47. The van der Waals surface area contributed by atoms with Gasteiger partial charge < -0.3 is 20.1 Å². The Hall–Kier alpha value is -3.95. The zero-order valence-corrected chi connectivity index (χ0v) is 19.6. The van der Waals surface area contributed by atoms with Gasteiger partial charge in [-0.05, 0) is 58.9 Å². The molecule has 2 aromatic heterocycles. The van der Waals surface area contributed by atoms with Gasteiger partial charge in [-0.3, -0.25) is 9.59 Å². The number of rotatable bonds is 8. The van der Waals surface area contributed by atoms with Gasteiger partial charge in [-0.25, -0.2) is 9.97 Å². The van der Waals surface area contributed by atoms with Gasteiger partial charge >= 0.3 is 0 Å². The Kier molecular flexibility index (Phi) is 7.27. The van der Waals surface area contributed by atoms with Crippen molar-refractivity contribution in [2.75, 3.05) is 19.0 Å². The minimum absolute atomic E-state index is 0.0141. The van der Waals surface area contributed by atoms with Gasteiger partial charge in [-0.2, -0.15) is 9.78 Å². The van der Waals surface area contributed by atoms with Crippen LogP contribution >= 0.6 is 0 Å². The Bertz CT molecular complexity index is 1150. The summed E-state index contributed by atoms with van der Waals surface area (Å²) in [5.74, 6) is 0.887. The van der Waals surface area contributed by atoms with Crippen molar-refractivity contribution in [3.63, 3.8) is 0 Å². The number of anilines is 1. The minimum atomic E-state index is -0.372. The molecule has 3 aromatic rings. The Balaban J connectivity index is 1.79. The highest BCUT2D eigenvalue weighted by atomic mass is 16.5. The fraction of sp³-hybridized carbons (Fsp3) is 0.348. The molecule has 0 saturated heterocycles. The molecule has 1 aromatic carbocycles. The summed E-state index contributed by atoms with van der Waals surface area (Å²) in [6.45, 7) is 9.13. The van der Waals surface area contributed by atoms with E-state index in [2.05, 4.69) is 25.7 Å². The van der Waals surface area contributed by atoms with E-state index in [0.717, 1.165) is 11.4 Å². The van der Waals surface area contributed by atoms with E-state index in [4.69, 9.17) is 9.47 Å². The third kappa shape index (κ3) is 6.06. The summed E-state index contributed by atoms with van der Waals surface area (Å²) < 4.78 is 12.4. The number of aromatic nitrogens is 4. The molecule has 0 radical (unpaired) electrons. The van der Waals surface area contributed by atoms with E-state index < -0.39 is 0 Å². The van der Waals surface area contributed by atoms with E-state index in [9.17, 15) is 9.59 Å². The van der Waals surface area contributed by atoms with Crippen LogP contribution in [0.2, 0.25) is 0 Å². The molecule has 174 valence electrons. The highest BCUT2D eigenvalue weighted by Gasteiger charge is 2.17. The van der Waals surface area contributed by atoms with Crippen LogP contribution in [0, 0.1) is 20.8 Å². The van der Waals surface area contributed by atoms with Crippen LogP contribution in [0.15, 0.2) is 30.3 Å². The van der Waals surface area contributed by atoms with Crippen LogP contribution in [0.3, 0.4) is 0 Å². The SMILES string of the molecule is COc1cc(C(=O)Nc2cc(C)nn2-c2nc(C)cc(C)n2)ccc1OCC(=O)NC(C)C. The summed E-state index contributed by atoms with van der Waals surface area (Å²) in [5, 5.41) is 10.0. The number of hydrogen-bond acceptors (Lipinski definition) is 7. The topological polar surface area (TPSA) is 120 Å². The first kappa shape index (κ1) is 23.7. The van der Waals surface area contributed by atoms with Crippen LogP contribution in [0.1, 0.15) is 41.3 Å². The first-order chi connectivity index (χ1) is 15.7. The van der Waals surface area contributed by atoms with Gasteiger partial charge in [0.15, 0.2) is 18.1 Å². The molecule has 0 aliphatic carbocycles. The summed E-state index contributed by atoms with van der Waals surface area (Å²) in [4.78, 5) is 33.6. The molecule has 2 N–H and O–H groups in total. The Morgan fingerprint density at radius 1 is 1.00 bits per heavy atom. The molecule has 0 aliphatic heterocycles. The highest BCUT2D eigenvalue weighted by molar-refractivity contribution is 6.04. The second kappa shape index (κ2) is 10.1. The Morgan fingerprint density at radius 2 is 1.70 bits per heavy atom. The predicted octanol–water partition coefficient (Wildman–Crippen LogP) is 2.75. The molecule has 0 spiro atoms. The van der Waals surface area contributed by atoms with Crippen LogP contribution in [0.4, 0.5) is 5.82 Å². The quantitative estimate of drug-likeness (QED) is 0.539. The van der Waals surface area contributed by atoms with Crippen LogP contribution in [0.25, 0.3) is 5.95 Å². The van der Waals surface area contributed by atoms with Crippen molar-refractivity contribution in [3.05, 3.63) is 53.0 Å². The minimum Gasteiger partial charge on any atom is -0.493 e. The highest BCUT2D eigenvalue weighted by Crippen LogP contribution is 2.28. The zero-order chi connectivity index (χ0) is 24.1. The van der Waals surface area contributed by atoms with Gasteiger partial charge in [-0.15, -0.1) is 0 Å². The summed E-state index contributed by atoms with van der Waals surface area (Å²) in [7, 11) is 1.47. The summed E-state index contributed by atoms with van der Waals surface area (Å²) in [6.07, 6.45) is 0. The lowest BCUT2D eigenvalue weighted by atomic mass is 10.2. The number of amides is 2. The van der Waals surface area contributed by atoms with Crippen molar-refractivity contribution < 1.29 is 19.1 Å². The number of nitrogens with zero attached hydrogens (tertiary/aromatic N) is 4. The Morgan fingerprint density at radius 3 is 2.33 bits per heavy atom. The maximum absolute atomic E-state index is 13.0. The van der Waals surface area contributed by atoms with Gasteiger partial charge in [0.2, 0.25) is 0 Å². The van der Waals surface area contributed by atoms with Gasteiger partial charge in [0.25, 0.3) is 17.8 Å². The third-order valence-corrected chi connectivity index (χ3v) is 4.47. The molecular weight excluding hydrogens is 424 g/mol. The number of carbonyl (C=O) groups is 2. The monoisotopic (exact) mass is 452 g/mol. The molecular formula is C23H28N6O4. The van der Waals surface area contributed by atoms with Gasteiger partial charge in [-0.1, -0.05) is 0 Å². The number of benzene rings is 1. The molecule has 0 unspecified atom stereocenters. The lowest BCUT2D eigenvalue weighted by molar-refractivity contribution is -0.123. The predicted molar refractivity (Wildman–Crippen MR) is 123 cm³/mol. The van der Waals surface area contributed by atoms with E-state index in [0.29, 0.717) is 34.5 Å². The number of aryl methyl sites for hydroxylation is 3. The maximum Gasteiger partial charge on any atom is 0.258 e. The molecule has 0 fully saturated rings. The fourth-order valence-corrected chi connectivity index (χ4v) is 3.17. The molecule has 10 heteroatoms. The van der Waals surface area contributed by atoms with Crippen molar-refractivity contribution >= 4 is 17.6 Å². The Labute approximate surface area is 192 Å². The molecule has 2 heterocycles. The van der Waals surface area contributed by atoms with Crippen LogP contribution < -0.4 is 20.1 Å². The van der Waals surface area contributed by atoms with Gasteiger partial charge in [0.1, 0.15) is 5.82 Å². The largest absolute Gasteiger partial charge is 0.493 e. The number of methoxy groups -OCH3 is 1. The molecule has 0 saturated carbocycles. The van der Waals surface area contributed by atoms with Gasteiger partial charge in [0.05, 0.1) is 12.8 Å². The van der Waals surface area contributed by atoms with Crippen molar-refractivity contribution in [2.45, 2.75) is 40.7 Å². The normalized spacial score (nSPS) is 10.8. The summed E-state index contributed by atoms with van der Waals surface area (Å²) in [6, 6.07) is 8.34. The van der Waals surface area contributed by atoms with Crippen LogP contribution in [-0.2, 0) is 4.79 Å². The smallest absolute Gasteiger partial charge is 0.258 e. The maximum atomic E-state index is 13.0. The van der Waals surface area contributed by atoms with Gasteiger partial charge in [0, 0.05) is 29.1 Å². The molecule has 10 nitrogen and oxygen atoms in total. The second-order valence-electron chi connectivity index (χ2n) is 7.86. The standard InChI is InChI=1S/C23H28N6O4/c1-13(2)24-21(30)12-33-18-8-7-17(11-19(18)32-6)22(31)27-20-10-16(5)28-29(20)23-25-14(3)9-15(4)26-23/h7-11,13H,12H2,1-6H3,(H,24,30)(H,27,31). The summed E-state index contributed by atoms with van der Waals surface area (Å²) >= 11 is 0. The second-order valence-corrected chi connectivity index (χ2v) is 7.86. The lowest BCUT2D eigenvalue weighted by Gasteiger charge is -2.13. The molecule has 0 atom stereocenters. The van der Waals surface area contributed by atoms with E-state index in [1.807, 2.05) is 40.7 Å². The molecule has 0 bridgehead atoms. The van der Waals surface area contributed by atoms with Crippen molar-refractivity contribution in [3.8, 4) is 17.4 Å².